The van der Waals surface area contributed by atoms with Crippen molar-refractivity contribution in [3.05, 3.63) is 51.7 Å². The van der Waals surface area contributed by atoms with Crippen LogP contribution in [0.3, 0.4) is 0 Å². The number of morpholine rings is 1. The van der Waals surface area contributed by atoms with Crippen molar-refractivity contribution in [3.63, 3.8) is 0 Å². The van der Waals surface area contributed by atoms with Gasteiger partial charge >= 0.3 is 0 Å². The summed E-state index contributed by atoms with van der Waals surface area (Å²) in [6.07, 6.45) is 0.421. The van der Waals surface area contributed by atoms with Gasteiger partial charge in [-0.1, -0.05) is 12.1 Å². The summed E-state index contributed by atoms with van der Waals surface area (Å²) in [5.41, 5.74) is 1.56. The maximum atomic E-state index is 12.2. The number of thiophene rings is 1. The van der Waals surface area contributed by atoms with Gasteiger partial charge in [-0.3, -0.25) is 19.3 Å². The summed E-state index contributed by atoms with van der Waals surface area (Å²) in [5, 5.41) is 8.30. The van der Waals surface area contributed by atoms with Gasteiger partial charge < -0.3 is 20.7 Å². The number of anilines is 1. The molecule has 0 radical (unpaired) electrons. The Hall–Kier alpha value is -2.75. The second-order valence-electron chi connectivity index (χ2n) is 7.32. The third-order valence-electron chi connectivity index (χ3n) is 4.83. The first-order valence-corrected chi connectivity index (χ1v) is 11.1. The van der Waals surface area contributed by atoms with Crippen molar-refractivity contribution < 1.29 is 19.1 Å². The molecule has 1 aromatic heterocycles. The number of benzene rings is 1. The van der Waals surface area contributed by atoms with Crippen LogP contribution in [-0.2, 0) is 20.9 Å². The van der Waals surface area contributed by atoms with E-state index in [0.29, 0.717) is 43.3 Å². The average Bonchev–Trinajstić information content (AvgIpc) is 3.22. The van der Waals surface area contributed by atoms with Gasteiger partial charge in [0.25, 0.3) is 5.91 Å². The SMILES string of the molecule is Cc1ccc(C(=O)NCC(=O)NCc2cccc(NC(=O)CCN3CCOCC3)c2)s1. The minimum atomic E-state index is -0.276. The van der Waals surface area contributed by atoms with Crippen LogP contribution in [-0.4, -0.2) is 62.0 Å². The molecule has 31 heavy (non-hydrogen) atoms. The molecule has 0 unspecified atom stereocenters. The molecule has 0 saturated carbocycles. The highest BCUT2D eigenvalue weighted by molar-refractivity contribution is 7.13. The fraction of sp³-hybridized carbons (Fsp3) is 0.409. The van der Waals surface area contributed by atoms with E-state index in [1.54, 1.807) is 6.07 Å². The van der Waals surface area contributed by atoms with Crippen LogP contribution in [0.15, 0.2) is 36.4 Å². The molecule has 3 amide bonds. The Morgan fingerprint density at radius 3 is 2.61 bits per heavy atom. The van der Waals surface area contributed by atoms with Gasteiger partial charge in [0.15, 0.2) is 0 Å². The van der Waals surface area contributed by atoms with E-state index in [2.05, 4.69) is 20.9 Å². The van der Waals surface area contributed by atoms with E-state index >= 15 is 0 Å². The Labute approximate surface area is 186 Å². The predicted molar refractivity (Wildman–Crippen MR) is 120 cm³/mol. The fourth-order valence-corrected chi connectivity index (χ4v) is 3.92. The number of hydrogen-bond acceptors (Lipinski definition) is 6. The molecule has 2 heterocycles. The van der Waals surface area contributed by atoms with E-state index in [1.807, 2.05) is 37.3 Å². The molecule has 8 nitrogen and oxygen atoms in total. The van der Waals surface area contributed by atoms with Crippen LogP contribution in [0.2, 0.25) is 0 Å². The summed E-state index contributed by atoms with van der Waals surface area (Å²) in [7, 11) is 0. The Morgan fingerprint density at radius 1 is 1.06 bits per heavy atom. The van der Waals surface area contributed by atoms with Gasteiger partial charge in [0.05, 0.1) is 24.6 Å². The largest absolute Gasteiger partial charge is 0.379 e. The lowest BCUT2D eigenvalue weighted by Crippen LogP contribution is -2.38. The number of nitrogens with one attached hydrogen (secondary N) is 3. The van der Waals surface area contributed by atoms with Gasteiger partial charge in [-0.25, -0.2) is 0 Å². The smallest absolute Gasteiger partial charge is 0.261 e. The van der Waals surface area contributed by atoms with Crippen LogP contribution >= 0.6 is 11.3 Å². The summed E-state index contributed by atoms with van der Waals surface area (Å²) in [4.78, 5) is 40.1. The Balaban J connectivity index is 1.38. The van der Waals surface area contributed by atoms with Crippen LogP contribution < -0.4 is 16.0 Å². The fourth-order valence-electron chi connectivity index (χ4n) is 3.13. The van der Waals surface area contributed by atoms with Gasteiger partial charge in [-0.2, -0.15) is 0 Å². The van der Waals surface area contributed by atoms with Crippen molar-refractivity contribution >= 4 is 34.7 Å². The van der Waals surface area contributed by atoms with Gasteiger partial charge in [0.2, 0.25) is 11.8 Å². The van der Waals surface area contributed by atoms with E-state index < -0.39 is 0 Å². The monoisotopic (exact) mass is 444 g/mol. The zero-order chi connectivity index (χ0) is 22.1. The van der Waals surface area contributed by atoms with Gasteiger partial charge in [-0.15, -0.1) is 11.3 Å². The third-order valence-corrected chi connectivity index (χ3v) is 5.83. The topological polar surface area (TPSA) is 99.8 Å². The molecule has 166 valence electrons. The Kier molecular flexibility index (Phi) is 8.57. The number of hydrogen-bond donors (Lipinski definition) is 3. The standard InChI is InChI=1S/C22H28N4O4S/c1-16-5-6-19(31-16)22(29)24-15-21(28)23-14-17-3-2-4-18(13-17)25-20(27)7-8-26-9-11-30-12-10-26/h2-6,13H,7-12,14-15H2,1H3,(H,23,28)(H,24,29)(H,25,27). The van der Waals surface area contributed by atoms with Crippen LogP contribution in [0.1, 0.15) is 26.5 Å². The summed E-state index contributed by atoms with van der Waals surface area (Å²) in [6.45, 7) is 6.00. The molecule has 3 N–H and O–H groups in total. The number of aryl methyl sites for hydroxylation is 1. The van der Waals surface area contributed by atoms with Gasteiger partial charge in [0, 0.05) is 43.2 Å². The van der Waals surface area contributed by atoms with E-state index in [0.717, 1.165) is 23.5 Å². The number of nitrogens with zero attached hydrogens (tertiary/aromatic N) is 1. The number of carbonyl (C=O) groups excluding carboxylic acids is 3. The van der Waals surface area contributed by atoms with Crippen molar-refractivity contribution in [2.75, 3.05) is 44.7 Å². The molecular formula is C22H28N4O4S. The van der Waals surface area contributed by atoms with Crippen LogP contribution in [0, 0.1) is 6.92 Å². The van der Waals surface area contributed by atoms with Crippen LogP contribution in [0.5, 0.6) is 0 Å². The molecule has 0 spiro atoms. The molecule has 3 rings (SSSR count). The second kappa shape index (κ2) is 11.6. The van der Waals surface area contributed by atoms with Gasteiger partial charge in [0.1, 0.15) is 0 Å². The molecule has 2 aromatic rings. The summed E-state index contributed by atoms with van der Waals surface area (Å²) < 4.78 is 5.31. The summed E-state index contributed by atoms with van der Waals surface area (Å²) >= 11 is 1.39. The van der Waals surface area contributed by atoms with Crippen LogP contribution in [0.25, 0.3) is 0 Å². The first kappa shape index (κ1) is 22.9. The Bertz CT molecular complexity index is 908. The highest BCUT2D eigenvalue weighted by atomic mass is 32.1. The third kappa shape index (κ3) is 7.78. The molecular weight excluding hydrogens is 416 g/mol. The maximum Gasteiger partial charge on any atom is 0.261 e. The molecule has 1 aliphatic rings. The van der Waals surface area contributed by atoms with Crippen molar-refractivity contribution in [1.29, 1.82) is 0 Å². The minimum Gasteiger partial charge on any atom is -0.379 e. The van der Waals surface area contributed by atoms with Crippen molar-refractivity contribution in [1.82, 2.24) is 15.5 Å². The summed E-state index contributed by atoms with van der Waals surface area (Å²) in [5.74, 6) is -0.573. The van der Waals surface area contributed by atoms with E-state index in [9.17, 15) is 14.4 Å². The van der Waals surface area contributed by atoms with Crippen molar-refractivity contribution in [2.24, 2.45) is 0 Å². The lowest BCUT2D eigenvalue weighted by molar-refractivity contribution is -0.120. The molecule has 0 bridgehead atoms. The van der Waals surface area contributed by atoms with E-state index in [4.69, 9.17) is 4.74 Å². The van der Waals surface area contributed by atoms with E-state index in [1.165, 1.54) is 11.3 Å². The lowest BCUT2D eigenvalue weighted by Gasteiger charge is -2.26. The lowest BCUT2D eigenvalue weighted by atomic mass is 10.2. The number of carbonyl (C=O) groups is 3. The van der Waals surface area contributed by atoms with E-state index in [-0.39, 0.29) is 24.3 Å². The minimum absolute atomic E-state index is 0.0424. The molecule has 0 atom stereocenters. The number of rotatable bonds is 9. The second-order valence-corrected chi connectivity index (χ2v) is 8.61. The molecule has 0 aliphatic carbocycles. The zero-order valence-corrected chi connectivity index (χ0v) is 18.4. The predicted octanol–water partition coefficient (Wildman–Crippen LogP) is 1.76. The van der Waals surface area contributed by atoms with Crippen molar-refractivity contribution in [3.8, 4) is 0 Å². The highest BCUT2D eigenvalue weighted by Gasteiger charge is 2.13. The van der Waals surface area contributed by atoms with Crippen LogP contribution in [0.4, 0.5) is 5.69 Å². The maximum absolute atomic E-state index is 12.2. The van der Waals surface area contributed by atoms with Crippen molar-refractivity contribution in [2.45, 2.75) is 19.9 Å². The quantitative estimate of drug-likeness (QED) is 0.547. The first-order chi connectivity index (χ1) is 15.0. The molecule has 1 aliphatic heterocycles. The molecule has 1 aromatic carbocycles. The normalized spacial score (nSPS) is 14.1. The molecule has 1 fully saturated rings. The van der Waals surface area contributed by atoms with Gasteiger partial charge in [-0.05, 0) is 36.8 Å². The molecule has 9 heteroatoms. The highest BCUT2D eigenvalue weighted by Crippen LogP contribution is 2.14. The average molecular weight is 445 g/mol. The summed E-state index contributed by atoms with van der Waals surface area (Å²) in [6, 6.07) is 11.0. The first-order valence-electron chi connectivity index (χ1n) is 10.3. The number of ether oxygens (including phenoxy) is 1. The number of amides is 3. The Morgan fingerprint density at radius 2 is 1.87 bits per heavy atom. The molecule has 1 saturated heterocycles. The zero-order valence-electron chi connectivity index (χ0n) is 17.6.